The Bertz CT molecular complexity index is 874. The first-order valence-corrected chi connectivity index (χ1v) is 14.1. The van der Waals surface area contributed by atoms with E-state index < -0.39 is 11.1 Å². The number of Topliss-reactive ketones (excluding diaryl/α,β-unsaturated/α-hetero) is 1. The summed E-state index contributed by atoms with van der Waals surface area (Å²) in [6.45, 7) is 30.2. The van der Waals surface area contributed by atoms with Crippen molar-refractivity contribution in [1.29, 1.82) is 5.26 Å². The first-order valence-electron chi connectivity index (χ1n) is 13.3. The van der Waals surface area contributed by atoms with E-state index in [0.717, 1.165) is 9.98 Å². The van der Waals surface area contributed by atoms with Crippen molar-refractivity contribution in [3.05, 3.63) is 0 Å². The van der Waals surface area contributed by atoms with Crippen LogP contribution in [-0.4, -0.2) is 66.0 Å². The first kappa shape index (κ1) is 40.4. The number of nitrogens with zero attached hydrogens (tertiary/aromatic N) is 1. The number of rotatable bonds is 0. The molecule has 0 spiro atoms. The van der Waals surface area contributed by atoms with Gasteiger partial charge in [0.15, 0.2) is 0 Å². The summed E-state index contributed by atoms with van der Waals surface area (Å²) in [5, 5.41) is 35.5. The Kier molecular flexibility index (Phi) is 14.1. The lowest BCUT2D eigenvalue weighted by atomic mass is 10.1. The minimum atomic E-state index is -1.15. The Morgan fingerprint density at radius 2 is 0.925 bits per heavy atom. The molecule has 0 bridgehead atoms. The van der Waals surface area contributed by atoms with Gasteiger partial charge in [-0.2, -0.15) is 5.26 Å². The number of nitrogens with one attached hydrogen (secondary N) is 6. The summed E-state index contributed by atoms with van der Waals surface area (Å²) in [6, 6.07) is 1.66. The average Bonchev–Trinajstić information content (AvgIpc) is 3.05. The highest BCUT2D eigenvalue weighted by Gasteiger charge is 2.42. The van der Waals surface area contributed by atoms with Crippen molar-refractivity contribution in [3.8, 4) is 6.07 Å². The smallest absolute Gasteiger partial charge is 0.241 e. The van der Waals surface area contributed by atoms with Crippen LogP contribution in [-0.2, 0) is 9.59 Å². The molecule has 0 aromatic rings. The largest absolute Gasteiger partial charge is 0.376 e. The molecule has 3 heterocycles. The fourth-order valence-electron chi connectivity index (χ4n) is 3.93. The first-order chi connectivity index (χ1) is 17.3. The van der Waals surface area contributed by atoms with Crippen LogP contribution >= 0.6 is 24.4 Å². The van der Waals surface area contributed by atoms with Crippen LogP contribution in [0.1, 0.15) is 111 Å². The van der Waals surface area contributed by atoms with Gasteiger partial charge in [0.2, 0.25) is 5.91 Å². The van der Waals surface area contributed by atoms with Crippen LogP contribution in [0.15, 0.2) is 0 Å². The van der Waals surface area contributed by atoms with Crippen LogP contribution in [0.4, 0.5) is 0 Å². The zero-order chi connectivity index (χ0) is 32.8. The van der Waals surface area contributed by atoms with E-state index in [0.29, 0.717) is 0 Å². The van der Waals surface area contributed by atoms with Gasteiger partial charge in [-0.3, -0.25) is 20.7 Å². The Balaban J connectivity index is 0. The van der Waals surface area contributed by atoms with E-state index in [4.69, 9.17) is 34.8 Å². The molecule has 3 rings (SSSR count). The molecule has 40 heavy (non-hydrogen) atoms. The van der Waals surface area contributed by atoms with Gasteiger partial charge in [-0.1, -0.05) is 24.4 Å². The number of hydrogen-bond donors (Lipinski definition) is 7. The van der Waals surface area contributed by atoms with Crippen molar-refractivity contribution in [2.24, 2.45) is 0 Å². The fourth-order valence-corrected chi connectivity index (χ4v) is 4.54. The van der Waals surface area contributed by atoms with Crippen LogP contribution in [0.5, 0.6) is 0 Å². The maximum atomic E-state index is 11.1. The predicted molar refractivity (Wildman–Crippen MR) is 172 cm³/mol. The van der Waals surface area contributed by atoms with Crippen LogP contribution in [0.25, 0.3) is 0 Å². The van der Waals surface area contributed by atoms with Gasteiger partial charge in [-0.15, -0.1) is 0 Å². The number of ketones is 1. The van der Waals surface area contributed by atoms with Crippen molar-refractivity contribution >= 4 is 46.1 Å². The summed E-state index contributed by atoms with van der Waals surface area (Å²) in [7, 11) is 0. The minimum Gasteiger partial charge on any atom is -0.376 e. The van der Waals surface area contributed by atoms with Gasteiger partial charge in [-0.05, 0) is 111 Å². The summed E-state index contributed by atoms with van der Waals surface area (Å²) < 4.78 is 0. The molecule has 10 nitrogen and oxygen atoms in total. The predicted octanol–water partition coefficient (Wildman–Crippen LogP) is 3.14. The second-order valence-electron chi connectivity index (χ2n) is 14.1. The minimum absolute atomic E-state index is 0.0411. The summed E-state index contributed by atoms with van der Waals surface area (Å²) in [6.07, 6.45) is 0. The molecule has 3 aliphatic heterocycles. The molecule has 232 valence electrons. The Hall–Kier alpha value is -1.75. The van der Waals surface area contributed by atoms with Crippen molar-refractivity contribution in [1.82, 2.24) is 31.9 Å². The molecule has 0 aromatic heterocycles. The molecular weight excluding hydrogens is 546 g/mol. The third-order valence-corrected chi connectivity index (χ3v) is 6.35. The normalized spacial score (nSPS) is 23.4. The van der Waals surface area contributed by atoms with Gasteiger partial charge in [0.25, 0.3) is 0 Å². The summed E-state index contributed by atoms with van der Waals surface area (Å²) >= 11 is 10.3. The van der Waals surface area contributed by atoms with Gasteiger partial charge in [0, 0.05) is 0 Å². The van der Waals surface area contributed by atoms with E-state index in [1.165, 1.54) is 27.7 Å². The Morgan fingerprint density at radius 1 is 0.700 bits per heavy atom. The topological polar surface area (TPSA) is 150 Å². The highest BCUT2D eigenvalue weighted by molar-refractivity contribution is 7.80. The third kappa shape index (κ3) is 16.5. The molecular formula is C28H55N7O3S2. The summed E-state index contributed by atoms with van der Waals surface area (Å²) in [4.78, 5) is 22.4. The molecule has 0 aliphatic carbocycles. The van der Waals surface area contributed by atoms with Crippen LogP contribution in [0.3, 0.4) is 0 Å². The molecule has 0 unspecified atom stereocenters. The maximum Gasteiger partial charge on any atom is 0.241 e. The van der Waals surface area contributed by atoms with E-state index in [1.54, 1.807) is 6.07 Å². The van der Waals surface area contributed by atoms with E-state index in [9.17, 15) is 9.59 Å². The highest BCUT2D eigenvalue weighted by Crippen LogP contribution is 2.19. The van der Waals surface area contributed by atoms with E-state index >= 15 is 0 Å². The molecule has 3 aliphatic rings. The lowest BCUT2D eigenvalue weighted by Crippen LogP contribution is -2.47. The number of aliphatic hydroxyl groups is 1. The van der Waals surface area contributed by atoms with Gasteiger partial charge in [0.1, 0.15) is 11.4 Å². The number of carbonyl (C=O) groups is 2. The van der Waals surface area contributed by atoms with Crippen molar-refractivity contribution in [2.75, 3.05) is 0 Å². The SMILES string of the molecule is CC(C)(O)C#N.CC(C)=O.CC1(C)NC(=O)C(C)(C)N1.CC1(C)NC(=S)C(C)(C)N1.CC1(C)NC(=S)C(C)(C)N1. The molecule has 3 fully saturated rings. The number of nitriles is 1. The molecule has 0 saturated carbocycles. The van der Waals surface area contributed by atoms with Crippen LogP contribution in [0, 0.1) is 11.3 Å². The van der Waals surface area contributed by atoms with Crippen molar-refractivity contribution in [3.63, 3.8) is 0 Å². The monoisotopic (exact) mass is 601 g/mol. The fraction of sp³-hybridized carbons (Fsp3) is 0.821. The Labute approximate surface area is 253 Å². The molecule has 1 amide bonds. The average molecular weight is 602 g/mol. The van der Waals surface area contributed by atoms with E-state index in [1.807, 2.05) is 27.7 Å². The zero-order valence-corrected chi connectivity index (χ0v) is 29.2. The number of thiocarbonyl (C=S) groups is 2. The molecule has 7 N–H and O–H groups in total. The number of carbonyl (C=O) groups excluding carboxylic acids is 2. The van der Waals surface area contributed by atoms with Gasteiger partial charge in [0.05, 0.1) is 49.7 Å². The van der Waals surface area contributed by atoms with Gasteiger partial charge in [-0.25, -0.2) is 0 Å². The van der Waals surface area contributed by atoms with E-state index in [-0.39, 0.29) is 39.8 Å². The molecule has 0 radical (unpaired) electrons. The maximum absolute atomic E-state index is 11.1. The highest BCUT2D eigenvalue weighted by atomic mass is 32.1. The number of amides is 1. The quantitative estimate of drug-likeness (QED) is 0.162. The second-order valence-corrected chi connectivity index (χ2v) is 14.9. The zero-order valence-electron chi connectivity index (χ0n) is 27.5. The molecule has 12 heteroatoms. The van der Waals surface area contributed by atoms with Crippen molar-refractivity contribution in [2.45, 2.75) is 150 Å². The summed E-state index contributed by atoms with van der Waals surface area (Å²) in [5.74, 6) is 0.234. The van der Waals surface area contributed by atoms with Gasteiger partial charge < -0.3 is 25.9 Å². The molecule has 3 saturated heterocycles. The van der Waals surface area contributed by atoms with Gasteiger partial charge >= 0.3 is 0 Å². The summed E-state index contributed by atoms with van der Waals surface area (Å²) in [5.41, 5.74) is -1.98. The van der Waals surface area contributed by atoms with E-state index in [2.05, 4.69) is 87.3 Å². The lowest BCUT2D eigenvalue weighted by molar-refractivity contribution is -0.123. The van der Waals surface area contributed by atoms with Crippen LogP contribution < -0.4 is 31.9 Å². The van der Waals surface area contributed by atoms with Crippen molar-refractivity contribution < 1.29 is 14.7 Å². The lowest BCUT2D eigenvalue weighted by Gasteiger charge is -2.22. The third-order valence-electron chi connectivity index (χ3n) is 5.13. The number of hydrogen-bond acceptors (Lipinski definition) is 9. The van der Waals surface area contributed by atoms with Crippen LogP contribution in [0.2, 0.25) is 0 Å². The second kappa shape index (κ2) is 13.9. The standard InChI is InChI=1S/C7H14N2O.2C7H14N2S.C4H7NO.C3H6O/c3*1-6(2)5(10)8-7(3,4)9-6;1-4(2,6)3-5;1-3(2)4/h3*9H,1-4H3,(H,8,10);6H,1-2H3;1-2H3. The molecule has 0 atom stereocenters. The Morgan fingerprint density at radius 3 is 0.975 bits per heavy atom. The molecule has 0 aromatic carbocycles.